The number of aromatic nitrogens is 4. The Morgan fingerprint density at radius 3 is 2.82 bits per heavy atom. The van der Waals surface area contributed by atoms with E-state index in [1.165, 1.54) is 6.21 Å². The summed E-state index contributed by atoms with van der Waals surface area (Å²) < 4.78 is 0. The van der Waals surface area contributed by atoms with E-state index < -0.39 is 0 Å². The maximum atomic E-state index is 7.83. The Morgan fingerprint density at radius 2 is 2.06 bits per heavy atom. The van der Waals surface area contributed by atoms with Gasteiger partial charge in [-0.25, -0.2) is 4.98 Å². The second-order valence-electron chi connectivity index (χ2n) is 8.68. The highest BCUT2D eigenvalue weighted by Crippen LogP contribution is 2.21. The fraction of sp³-hybridized carbons (Fsp3) is 0.375. The van der Waals surface area contributed by atoms with Gasteiger partial charge in [-0.15, -0.1) is 5.10 Å². The van der Waals surface area contributed by atoms with Gasteiger partial charge in [0.15, 0.2) is 5.82 Å². The van der Waals surface area contributed by atoms with Crippen LogP contribution in [0.4, 0.5) is 11.6 Å². The molecule has 0 atom stereocenters. The first-order valence-corrected chi connectivity index (χ1v) is 11.3. The molecule has 0 bridgehead atoms. The van der Waals surface area contributed by atoms with Crippen molar-refractivity contribution in [1.29, 1.82) is 5.41 Å². The van der Waals surface area contributed by atoms with E-state index in [1.807, 2.05) is 30.5 Å². The molecule has 33 heavy (non-hydrogen) atoms. The molecule has 9 nitrogen and oxygen atoms in total. The van der Waals surface area contributed by atoms with Crippen molar-refractivity contribution in [1.82, 2.24) is 30.4 Å². The van der Waals surface area contributed by atoms with E-state index in [4.69, 9.17) is 16.1 Å². The van der Waals surface area contributed by atoms with Crippen molar-refractivity contribution in [3.63, 3.8) is 0 Å². The fourth-order valence-electron chi connectivity index (χ4n) is 3.71. The van der Waals surface area contributed by atoms with Crippen molar-refractivity contribution < 1.29 is 0 Å². The highest BCUT2D eigenvalue weighted by Gasteiger charge is 2.21. The maximum Gasteiger partial charge on any atom is 0.154 e. The number of anilines is 2. The molecule has 4 heterocycles. The van der Waals surface area contributed by atoms with E-state index in [1.54, 1.807) is 12.4 Å². The molecule has 0 radical (unpaired) electrons. The molecule has 1 saturated heterocycles. The van der Waals surface area contributed by atoms with Crippen molar-refractivity contribution in [3.05, 3.63) is 54.0 Å². The number of nitrogens with two attached hydrogens (primary N) is 1. The van der Waals surface area contributed by atoms with Crippen LogP contribution < -0.4 is 16.4 Å². The van der Waals surface area contributed by atoms with Crippen molar-refractivity contribution >= 4 is 34.5 Å². The summed E-state index contributed by atoms with van der Waals surface area (Å²) in [6.45, 7) is 8.10. The zero-order chi connectivity index (χ0) is 23.2. The number of hydrogen-bond donors (Lipinski definition) is 4. The van der Waals surface area contributed by atoms with Crippen LogP contribution in [-0.4, -0.2) is 63.5 Å². The van der Waals surface area contributed by atoms with Gasteiger partial charge in [0.25, 0.3) is 0 Å². The summed E-state index contributed by atoms with van der Waals surface area (Å²) >= 11 is 0. The molecule has 9 heteroatoms. The minimum absolute atomic E-state index is 0.338. The molecule has 0 aromatic carbocycles. The van der Waals surface area contributed by atoms with E-state index in [2.05, 4.69) is 44.6 Å². The Morgan fingerprint density at radius 1 is 1.21 bits per heavy atom. The topological polar surface area (TPSA) is 129 Å². The summed E-state index contributed by atoms with van der Waals surface area (Å²) in [7, 11) is 0. The van der Waals surface area contributed by atoms with Crippen molar-refractivity contribution in [2.24, 2.45) is 5.73 Å². The molecule has 1 aliphatic heterocycles. The van der Waals surface area contributed by atoms with Crippen LogP contribution in [-0.2, 0) is 0 Å². The Kier molecular flexibility index (Phi) is 7.21. The standard InChI is InChI=1S/C24H31N9/c1-16(2)17-9-24(32-29-13-17)31-23-5-4-21-22(30-23)8-18(12-28-21)19(10-25)11-27-6-3-7-33-14-20(26)15-33/h4-5,8-13,16,20,25,27H,3,6-7,14-15,26H2,1-2H3,(H,30,31,32)/b19-11+,25-10?. The summed E-state index contributed by atoms with van der Waals surface area (Å²) in [5.41, 5.74) is 10.0. The van der Waals surface area contributed by atoms with Gasteiger partial charge in [-0.3, -0.25) is 4.98 Å². The third-order valence-corrected chi connectivity index (χ3v) is 5.66. The van der Waals surface area contributed by atoms with Gasteiger partial charge in [-0.1, -0.05) is 13.8 Å². The summed E-state index contributed by atoms with van der Waals surface area (Å²) in [6.07, 6.45) is 7.78. The largest absolute Gasteiger partial charge is 0.390 e. The normalized spacial score (nSPS) is 15.0. The summed E-state index contributed by atoms with van der Waals surface area (Å²) in [5.74, 6) is 1.69. The molecule has 1 aliphatic rings. The van der Waals surface area contributed by atoms with Crippen LogP contribution >= 0.6 is 0 Å². The third kappa shape index (κ3) is 5.88. The highest BCUT2D eigenvalue weighted by atomic mass is 15.2. The lowest BCUT2D eigenvalue weighted by atomic mass is 10.1. The lowest BCUT2D eigenvalue weighted by Crippen LogP contribution is -2.55. The lowest BCUT2D eigenvalue weighted by Gasteiger charge is -2.36. The minimum Gasteiger partial charge on any atom is -0.390 e. The van der Waals surface area contributed by atoms with Gasteiger partial charge in [0.1, 0.15) is 5.82 Å². The molecule has 172 valence electrons. The Balaban J connectivity index is 1.43. The third-order valence-electron chi connectivity index (χ3n) is 5.66. The quantitative estimate of drug-likeness (QED) is 0.277. The second-order valence-corrected chi connectivity index (χ2v) is 8.68. The molecule has 1 fully saturated rings. The first-order valence-electron chi connectivity index (χ1n) is 11.3. The lowest BCUT2D eigenvalue weighted by molar-refractivity contribution is 0.149. The number of hydrogen-bond acceptors (Lipinski definition) is 9. The van der Waals surface area contributed by atoms with Crippen molar-refractivity contribution in [3.8, 4) is 0 Å². The van der Waals surface area contributed by atoms with Crippen molar-refractivity contribution in [2.45, 2.75) is 32.2 Å². The van der Waals surface area contributed by atoms with Crippen LogP contribution in [0, 0.1) is 5.41 Å². The first-order chi connectivity index (χ1) is 16.0. The molecule has 0 aliphatic carbocycles. The molecule has 0 amide bonds. The minimum atomic E-state index is 0.338. The smallest absolute Gasteiger partial charge is 0.154 e. The zero-order valence-electron chi connectivity index (χ0n) is 19.1. The van der Waals surface area contributed by atoms with E-state index in [0.29, 0.717) is 23.6 Å². The fourth-order valence-corrected chi connectivity index (χ4v) is 3.71. The SMILES string of the molecule is CC(C)c1cnnc(Nc2ccc3ncc(/C(C=N)=C/NCCCN4CC(N)C4)cc3n2)c1. The number of likely N-dealkylation sites (tertiary alicyclic amines) is 1. The molecule has 3 aromatic heterocycles. The number of fused-ring (bicyclic) bond motifs is 1. The van der Waals surface area contributed by atoms with Crippen LogP contribution in [0.5, 0.6) is 0 Å². The molecular weight excluding hydrogens is 414 g/mol. The van der Waals surface area contributed by atoms with Crippen LogP contribution in [0.2, 0.25) is 0 Å². The van der Waals surface area contributed by atoms with Crippen LogP contribution in [0.15, 0.2) is 42.9 Å². The molecule has 4 rings (SSSR count). The van der Waals surface area contributed by atoms with Gasteiger partial charge >= 0.3 is 0 Å². The second kappa shape index (κ2) is 10.5. The average molecular weight is 446 g/mol. The Labute approximate surface area is 194 Å². The predicted octanol–water partition coefficient (Wildman–Crippen LogP) is 2.90. The predicted molar refractivity (Wildman–Crippen MR) is 133 cm³/mol. The zero-order valence-corrected chi connectivity index (χ0v) is 19.1. The number of nitrogens with one attached hydrogen (secondary N) is 3. The molecule has 5 N–H and O–H groups in total. The molecular formula is C24H31N9. The number of rotatable bonds is 10. The van der Waals surface area contributed by atoms with Crippen LogP contribution in [0.3, 0.4) is 0 Å². The van der Waals surface area contributed by atoms with E-state index in [-0.39, 0.29) is 0 Å². The number of allylic oxidation sites excluding steroid dienone is 1. The number of nitrogens with zero attached hydrogens (tertiary/aromatic N) is 5. The molecule has 0 spiro atoms. The Hall–Kier alpha value is -3.43. The average Bonchev–Trinajstić information content (AvgIpc) is 2.79. The van der Waals surface area contributed by atoms with Crippen LogP contribution in [0.1, 0.15) is 37.3 Å². The maximum absolute atomic E-state index is 7.83. The van der Waals surface area contributed by atoms with Crippen molar-refractivity contribution in [2.75, 3.05) is 31.5 Å². The first kappa shape index (κ1) is 22.8. The van der Waals surface area contributed by atoms with E-state index in [9.17, 15) is 0 Å². The van der Waals surface area contributed by atoms with Gasteiger partial charge in [-0.2, -0.15) is 5.10 Å². The number of pyridine rings is 2. The highest BCUT2D eigenvalue weighted by molar-refractivity contribution is 6.08. The van der Waals surface area contributed by atoms with Gasteiger partial charge in [-0.05, 0) is 48.7 Å². The molecule has 0 saturated carbocycles. The van der Waals surface area contributed by atoms with Gasteiger partial charge in [0.05, 0.1) is 17.2 Å². The summed E-state index contributed by atoms with van der Waals surface area (Å²) in [6, 6.07) is 8.06. The van der Waals surface area contributed by atoms with E-state index >= 15 is 0 Å². The van der Waals surface area contributed by atoms with Crippen LogP contribution in [0.25, 0.3) is 16.6 Å². The summed E-state index contributed by atoms with van der Waals surface area (Å²) in [4.78, 5) is 11.6. The monoisotopic (exact) mass is 445 g/mol. The summed E-state index contributed by atoms with van der Waals surface area (Å²) in [5, 5.41) is 22.6. The van der Waals surface area contributed by atoms with Gasteiger partial charge < -0.3 is 26.7 Å². The Bertz CT molecular complexity index is 1140. The van der Waals surface area contributed by atoms with E-state index in [0.717, 1.165) is 60.3 Å². The molecule has 3 aromatic rings. The van der Waals surface area contributed by atoms with Gasteiger partial charge in [0.2, 0.25) is 0 Å². The van der Waals surface area contributed by atoms with Gasteiger partial charge in [0, 0.05) is 55.4 Å². The molecule has 0 unspecified atom stereocenters.